The van der Waals surface area contributed by atoms with Crippen LogP contribution in [0, 0.1) is 12.7 Å². The van der Waals surface area contributed by atoms with E-state index >= 15 is 0 Å². The summed E-state index contributed by atoms with van der Waals surface area (Å²) >= 11 is 0. The summed E-state index contributed by atoms with van der Waals surface area (Å²) in [4.78, 5) is 1.69. The van der Waals surface area contributed by atoms with Crippen LogP contribution in [-0.4, -0.2) is 13.7 Å². The zero-order valence-corrected chi connectivity index (χ0v) is 7.34. The molecule has 0 aliphatic heterocycles. The molecule has 1 aromatic carbocycles. The Labute approximate surface area is 71.8 Å². The quantitative estimate of drug-likeness (QED) is 0.678. The van der Waals surface area contributed by atoms with Crippen LogP contribution in [0.2, 0.25) is 0 Å². The Bertz CT molecular complexity index is 253. The van der Waals surface area contributed by atoms with Gasteiger partial charge in [-0.1, -0.05) is 12.1 Å². The molecule has 0 aliphatic rings. The summed E-state index contributed by atoms with van der Waals surface area (Å²) in [6.07, 6.45) is 0. The molecule has 0 unspecified atom stereocenters. The molecule has 66 valence electrons. The first-order valence-corrected chi connectivity index (χ1v) is 3.83. The van der Waals surface area contributed by atoms with Gasteiger partial charge in [-0.25, -0.2) is 4.39 Å². The molecule has 0 saturated heterocycles. The van der Waals surface area contributed by atoms with E-state index in [0.717, 1.165) is 5.56 Å². The molecule has 1 aromatic rings. The summed E-state index contributed by atoms with van der Waals surface area (Å²) in [5, 5.41) is 0. The standard InChI is InChI=1S/C9H13FN2/c1-7-4-3-5-8(10)9(7)12(2)6-11/h3-5H,6,11H2,1-2H3. The van der Waals surface area contributed by atoms with E-state index in [0.29, 0.717) is 12.4 Å². The minimum atomic E-state index is -0.219. The Balaban J connectivity index is 3.12. The summed E-state index contributed by atoms with van der Waals surface area (Å²) in [5.74, 6) is -0.219. The van der Waals surface area contributed by atoms with Crippen LogP contribution in [0.1, 0.15) is 5.56 Å². The zero-order valence-electron chi connectivity index (χ0n) is 7.34. The van der Waals surface area contributed by atoms with E-state index in [1.165, 1.54) is 6.07 Å². The molecule has 0 aromatic heterocycles. The molecule has 0 spiro atoms. The number of para-hydroxylation sites is 1. The summed E-state index contributed by atoms with van der Waals surface area (Å²) in [5.41, 5.74) is 6.89. The van der Waals surface area contributed by atoms with E-state index in [2.05, 4.69) is 0 Å². The molecule has 2 N–H and O–H groups in total. The lowest BCUT2D eigenvalue weighted by atomic mass is 10.2. The first-order chi connectivity index (χ1) is 5.66. The van der Waals surface area contributed by atoms with Crippen LogP contribution in [0.15, 0.2) is 18.2 Å². The molecule has 0 aliphatic carbocycles. The Morgan fingerprint density at radius 2 is 2.17 bits per heavy atom. The predicted octanol–water partition coefficient (Wildman–Crippen LogP) is 1.49. The van der Waals surface area contributed by atoms with E-state index in [1.807, 2.05) is 13.0 Å². The van der Waals surface area contributed by atoms with Crippen LogP contribution in [0.3, 0.4) is 0 Å². The Kier molecular flexibility index (Phi) is 2.65. The number of rotatable bonds is 2. The fourth-order valence-corrected chi connectivity index (χ4v) is 1.20. The van der Waals surface area contributed by atoms with Crippen LogP contribution < -0.4 is 10.6 Å². The third-order valence-corrected chi connectivity index (χ3v) is 1.84. The van der Waals surface area contributed by atoms with Crippen molar-refractivity contribution in [2.75, 3.05) is 18.6 Å². The fraction of sp³-hybridized carbons (Fsp3) is 0.333. The second-order valence-electron chi connectivity index (χ2n) is 2.79. The highest BCUT2D eigenvalue weighted by atomic mass is 19.1. The average Bonchev–Trinajstić information content (AvgIpc) is 2.03. The molecule has 0 amide bonds. The number of nitrogens with two attached hydrogens (primary N) is 1. The van der Waals surface area contributed by atoms with Gasteiger partial charge in [-0.05, 0) is 18.6 Å². The summed E-state index contributed by atoms with van der Waals surface area (Å²) in [7, 11) is 1.77. The zero-order chi connectivity index (χ0) is 9.14. The van der Waals surface area contributed by atoms with Crippen molar-refractivity contribution in [1.29, 1.82) is 0 Å². The van der Waals surface area contributed by atoms with Gasteiger partial charge in [-0.3, -0.25) is 0 Å². The smallest absolute Gasteiger partial charge is 0.146 e. The lowest BCUT2D eigenvalue weighted by Gasteiger charge is -2.19. The van der Waals surface area contributed by atoms with E-state index < -0.39 is 0 Å². The third kappa shape index (κ3) is 1.56. The molecule has 0 fully saturated rings. The number of halogens is 1. The van der Waals surface area contributed by atoms with Gasteiger partial charge in [0.25, 0.3) is 0 Å². The first-order valence-electron chi connectivity index (χ1n) is 3.83. The van der Waals surface area contributed by atoms with Gasteiger partial charge in [0.15, 0.2) is 0 Å². The van der Waals surface area contributed by atoms with Crippen LogP contribution in [-0.2, 0) is 0 Å². The van der Waals surface area contributed by atoms with Crippen molar-refractivity contribution in [2.24, 2.45) is 5.73 Å². The maximum atomic E-state index is 13.2. The largest absolute Gasteiger partial charge is 0.359 e. The van der Waals surface area contributed by atoms with Gasteiger partial charge < -0.3 is 10.6 Å². The molecular weight excluding hydrogens is 155 g/mol. The lowest BCUT2D eigenvalue weighted by Crippen LogP contribution is -2.26. The highest BCUT2D eigenvalue weighted by Crippen LogP contribution is 2.21. The van der Waals surface area contributed by atoms with Crippen molar-refractivity contribution in [3.05, 3.63) is 29.6 Å². The van der Waals surface area contributed by atoms with E-state index in [9.17, 15) is 4.39 Å². The van der Waals surface area contributed by atoms with Crippen molar-refractivity contribution >= 4 is 5.69 Å². The monoisotopic (exact) mass is 168 g/mol. The average molecular weight is 168 g/mol. The van der Waals surface area contributed by atoms with E-state index in [4.69, 9.17) is 5.73 Å². The van der Waals surface area contributed by atoms with Crippen molar-refractivity contribution in [3.63, 3.8) is 0 Å². The minimum Gasteiger partial charge on any atom is -0.359 e. The van der Waals surface area contributed by atoms with Crippen LogP contribution >= 0.6 is 0 Å². The van der Waals surface area contributed by atoms with Gasteiger partial charge in [0.1, 0.15) is 5.82 Å². The van der Waals surface area contributed by atoms with Gasteiger partial charge in [0, 0.05) is 7.05 Å². The molecule has 3 heteroatoms. The van der Waals surface area contributed by atoms with Gasteiger partial charge >= 0.3 is 0 Å². The van der Waals surface area contributed by atoms with Crippen molar-refractivity contribution < 1.29 is 4.39 Å². The van der Waals surface area contributed by atoms with Gasteiger partial charge in [0.05, 0.1) is 12.4 Å². The minimum absolute atomic E-state index is 0.219. The molecule has 0 atom stereocenters. The first kappa shape index (κ1) is 9.00. The highest BCUT2D eigenvalue weighted by Gasteiger charge is 2.07. The topological polar surface area (TPSA) is 29.3 Å². The van der Waals surface area contributed by atoms with Gasteiger partial charge in [0.2, 0.25) is 0 Å². The van der Waals surface area contributed by atoms with Crippen LogP contribution in [0.4, 0.5) is 10.1 Å². The second kappa shape index (κ2) is 3.54. The fourth-order valence-electron chi connectivity index (χ4n) is 1.20. The second-order valence-corrected chi connectivity index (χ2v) is 2.79. The molecular formula is C9H13FN2. The molecule has 0 saturated carbocycles. The summed E-state index contributed by atoms with van der Waals surface area (Å²) in [6, 6.07) is 5.00. The SMILES string of the molecule is Cc1cccc(F)c1N(C)CN. The summed E-state index contributed by atoms with van der Waals surface area (Å²) < 4.78 is 13.2. The van der Waals surface area contributed by atoms with Crippen molar-refractivity contribution in [2.45, 2.75) is 6.92 Å². The van der Waals surface area contributed by atoms with Gasteiger partial charge in [-0.15, -0.1) is 0 Å². The Morgan fingerprint density at radius 3 is 2.67 bits per heavy atom. The summed E-state index contributed by atoms with van der Waals surface area (Å²) in [6.45, 7) is 2.19. The molecule has 0 bridgehead atoms. The number of aryl methyl sites for hydroxylation is 1. The number of benzene rings is 1. The molecule has 0 heterocycles. The maximum absolute atomic E-state index is 13.2. The number of hydrogen-bond donors (Lipinski definition) is 1. The van der Waals surface area contributed by atoms with Crippen molar-refractivity contribution in [1.82, 2.24) is 0 Å². The highest BCUT2D eigenvalue weighted by molar-refractivity contribution is 5.53. The lowest BCUT2D eigenvalue weighted by molar-refractivity contribution is 0.621. The van der Waals surface area contributed by atoms with Crippen LogP contribution in [0.5, 0.6) is 0 Å². The molecule has 12 heavy (non-hydrogen) atoms. The van der Waals surface area contributed by atoms with E-state index in [-0.39, 0.29) is 5.82 Å². The van der Waals surface area contributed by atoms with E-state index in [1.54, 1.807) is 18.0 Å². The Hall–Kier alpha value is -1.09. The molecule has 1 rings (SSSR count). The van der Waals surface area contributed by atoms with Crippen LogP contribution in [0.25, 0.3) is 0 Å². The number of nitrogens with zero attached hydrogens (tertiary/aromatic N) is 1. The van der Waals surface area contributed by atoms with Crippen molar-refractivity contribution in [3.8, 4) is 0 Å². The maximum Gasteiger partial charge on any atom is 0.146 e. The Morgan fingerprint density at radius 1 is 1.50 bits per heavy atom. The number of anilines is 1. The number of hydrogen-bond acceptors (Lipinski definition) is 2. The van der Waals surface area contributed by atoms with Gasteiger partial charge in [-0.2, -0.15) is 0 Å². The third-order valence-electron chi connectivity index (χ3n) is 1.84. The molecule has 2 nitrogen and oxygen atoms in total. The molecule has 0 radical (unpaired) electrons. The predicted molar refractivity (Wildman–Crippen MR) is 48.6 cm³/mol. The normalized spacial score (nSPS) is 10.0.